The van der Waals surface area contributed by atoms with Crippen LogP contribution in [0.4, 0.5) is 24.5 Å². The Labute approximate surface area is 116 Å². The lowest BCUT2D eigenvalue weighted by atomic mass is 9.84. The van der Waals surface area contributed by atoms with Crippen molar-refractivity contribution in [2.75, 3.05) is 17.7 Å². The van der Waals surface area contributed by atoms with E-state index in [0.29, 0.717) is 6.42 Å². The van der Waals surface area contributed by atoms with E-state index >= 15 is 0 Å². The molecule has 0 amide bonds. The van der Waals surface area contributed by atoms with Gasteiger partial charge in [0.1, 0.15) is 5.69 Å². The second-order valence-corrected chi connectivity index (χ2v) is 5.73. The van der Waals surface area contributed by atoms with E-state index in [9.17, 15) is 13.2 Å². The molecule has 1 aromatic heterocycles. The SMILES string of the molecule is CC(C)(C)C(CCO)Nc1cc(C(F)(F)F)ncc1N. The molecule has 0 bridgehead atoms. The summed E-state index contributed by atoms with van der Waals surface area (Å²) in [6.45, 7) is 5.74. The Morgan fingerprint density at radius 2 is 1.95 bits per heavy atom. The van der Waals surface area contributed by atoms with Crippen LogP contribution >= 0.6 is 0 Å². The summed E-state index contributed by atoms with van der Waals surface area (Å²) in [5.41, 5.74) is 4.76. The summed E-state index contributed by atoms with van der Waals surface area (Å²) in [5, 5.41) is 12.0. The van der Waals surface area contributed by atoms with E-state index in [2.05, 4.69) is 10.3 Å². The van der Waals surface area contributed by atoms with Gasteiger partial charge in [-0.15, -0.1) is 0 Å². The first-order valence-corrected chi connectivity index (χ1v) is 6.26. The van der Waals surface area contributed by atoms with Gasteiger partial charge in [0, 0.05) is 12.6 Å². The summed E-state index contributed by atoms with van der Waals surface area (Å²) in [6, 6.07) is 0.684. The molecule has 4 N–H and O–H groups in total. The van der Waals surface area contributed by atoms with Crippen LogP contribution in [0.1, 0.15) is 32.9 Å². The molecule has 0 fully saturated rings. The standard InChI is InChI=1S/C13H20F3N3O/c1-12(2,3)10(4-5-20)19-9-6-11(13(14,15)16)18-7-8(9)17/h6-7,10,20H,4-5,17H2,1-3H3,(H,18,19). The quantitative estimate of drug-likeness (QED) is 0.797. The molecular formula is C13H20F3N3O. The number of nitrogens with two attached hydrogens (primary N) is 1. The average Bonchev–Trinajstić information content (AvgIpc) is 2.28. The Morgan fingerprint density at radius 1 is 1.35 bits per heavy atom. The van der Waals surface area contributed by atoms with Crippen LogP contribution in [0.2, 0.25) is 0 Å². The van der Waals surface area contributed by atoms with Crippen molar-refractivity contribution in [2.45, 2.75) is 39.4 Å². The maximum Gasteiger partial charge on any atom is 0.433 e. The van der Waals surface area contributed by atoms with Gasteiger partial charge >= 0.3 is 6.18 Å². The number of nitrogen functional groups attached to an aromatic ring is 1. The molecule has 0 aliphatic heterocycles. The highest BCUT2D eigenvalue weighted by atomic mass is 19.4. The molecule has 0 spiro atoms. The molecule has 7 heteroatoms. The molecule has 20 heavy (non-hydrogen) atoms. The van der Waals surface area contributed by atoms with Gasteiger partial charge in [0.25, 0.3) is 0 Å². The monoisotopic (exact) mass is 291 g/mol. The molecule has 0 aliphatic carbocycles. The van der Waals surface area contributed by atoms with Crippen LogP contribution in [0, 0.1) is 5.41 Å². The van der Waals surface area contributed by atoms with Crippen molar-refractivity contribution >= 4 is 11.4 Å². The molecule has 1 unspecified atom stereocenters. The number of nitrogens with one attached hydrogen (secondary N) is 1. The highest BCUT2D eigenvalue weighted by molar-refractivity contribution is 5.66. The second kappa shape index (κ2) is 5.87. The van der Waals surface area contributed by atoms with Crippen LogP contribution in [-0.4, -0.2) is 22.7 Å². The molecule has 0 aliphatic rings. The first-order valence-electron chi connectivity index (χ1n) is 6.26. The first kappa shape index (κ1) is 16.6. The van der Waals surface area contributed by atoms with Crippen LogP contribution in [0.15, 0.2) is 12.3 Å². The first-order chi connectivity index (χ1) is 9.05. The number of aliphatic hydroxyl groups excluding tert-OH is 1. The van der Waals surface area contributed by atoms with Crippen LogP contribution in [0.3, 0.4) is 0 Å². The number of rotatable bonds is 4. The molecule has 0 aromatic carbocycles. The summed E-state index contributed by atoms with van der Waals surface area (Å²) in [6.07, 6.45) is -3.12. The topological polar surface area (TPSA) is 71.2 Å². The smallest absolute Gasteiger partial charge is 0.396 e. The highest BCUT2D eigenvalue weighted by Gasteiger charge is 2.33. The lowest BCUT2D eigenvalue weighted by Gasteiger charge is -2.32. The van der Waals surface area contributed by atoms with Crippen LogP contribution < -0.4 is 11.1 Å². The molecule has 1 atom stereocenters. The Balaban J connectivity index is 3.06. The number of alkyl halides is 3. The van der Waals surface area contributed by atoms with Crippen LogP contribution in [-0.2, 0) is 6.18 Å². The highest BCUT2D eigenvalue weighted by Crippen LogP contribution is 2.33. The zero-order chi connectivity index (χ0) is 15.6. The van der Waals surface area contributed by atoms with E-state index in [-0.39, 0.29) is 29.4 Å². The molecule has 1 rings (SSSR count). The average molecular weight is 291 g/mol. The van der Waals surface area contributed by atoms with Crippen molar-refractivity contribution in [1.29, 1.82) is 0 Å². The minimum atomic E-state index is -4.52. The van der Waals surface area contributed by atoms with Gasteiger partial charge in [-0.25, -0.2) is 4.98 Å². The van der Waals surface area contributed by atoms with E-state index in [4.69, 9.17) is 10.8 Å². The predicted molar refractivity (Wildman–Crippen MR) is 72.2 cm³/mol. The van der Waals surface area contributed by atoms with E-state index in [1.165, 1.54) is 0 Å². The molecule has 0 radical (unpaired) electrons. The third-order valence-electron chi connectivity index (χ3n) is 3.02. The Morgan fingerprint density at radius 3 is 2.40 bits per heavy atom. The maximum absolute atomic E-state index is 12.6. The number of pyridine rings is 1. The fourth-order valence-electron chi connectivity index (χ4n) is 1.78. The number of halogens is 3. The molecule has 1 heterocycles. The number of aliphatic hydroxyl groups is 1. The number of hydrogen-bond donors (Lipinski definition) is 3. The van der Waals surface area contributed by atoms with Crippen molar-refractivity contribution in [3.05, 3.63) is 18.0 Å². The summed E-state index contributed by atoms with van der Waals surface area (Å²) in [7, 11) is 0. The van der Waals surface area contributed by atoms with Crippen molar-refractivity contribution in [3.63, 3.8) is 0 Å². The number of nitrogens with zero attached hydrogens (tertiary/aromatic N) is 1. The van der Waals surface area contributed by atoms with Gasteiger partial charge in [0.15, 0.2) is 0 Å². The second-order valence-electron chi connectivity index (χ2n) is 5.73. The lowest BCUT2D eigenvalue weighted by molar-refractivity contribution is -0.141. The summed E-state index contributed by atoms with van der Waals surface area (Å²) < 4.78 is 37.9. The lowest BCUT2D eigenvalue weighted by Crippen LogP contribution is -2.35. The van der Waals surface area contributed by atoms with Crippen molar-refractivity contribution in [1.82, 2.24) is 4.98 Å². The molecule has 1 aromatic rings. The fourth-order valence-corrected chi connectivity index (χ4v) is 1.78. The van der Waals surface area contributed by atoms with Crippen molar-refractivity contribution in [2.24, 2.45) is 5.41 Å². The molecule has 4 nitrogen and oxygen atoms in total. The summed E-state index contributed by atoms with van der Waals surface area (Å²) >= 11 is 0. The Hall–Kier alpha value is -1.50. The zero-order valence-corrected chi connectivity index (χ0v) is 11.8. The number of anilines is 2. The van der Waals surface area contributed by atoms with Gasteiger partial charge in [-0.3, -0.25) is 0 Å². The van der Waals surface area contributed by atoms with Crippen LogP contribution in [0.5, 0.6) is 0 Å². The number of aromatic nitrogens is 1. The molecule has 0 saturated carbocycles. The van der Waals surface area contributed by atoms with Gasteiger partial charge < -0.3 is 16.2 Å². The van der Waals surface area contributed by atoms with E-state index in [1.807, 2.05) is 20.8 Å². The fraction of sp³-hybridized carbons (Fsp3) is 0.615. The van der Waals surface area contributed by atoms with Crippen molar-refractivity contribution in [3.8, 4) is 0 Å². The normalized spacial score (nSPS) is 14.2. The van der Waals surface area contributed by atoms with Gasteiger partial charge in [0.2, 0.25) is 0 Å². The Bertz CT molecular complexity index is 455. The zero-order valence-electron chi connectivity index (χ0n) is 11.8. The minimum absolute atomic E-state index is 0.0634. The largest absolute Gasteiger partial charge is 0.433 e. The summed E-state index contributed by atoms with van der Waals surface area (Å²) in [5.74, 6) is 0. The summed E-state index contributed by atoms with van der Waals surface area (Å²) in [4.78, 5) is 3.29. The molecule has 0 saturated heterocycles. The Kier molecular flexibility index (Phi) is 4.86. The third kappa shape index (κ3) is 4.26. The molecular weight excluding hydrogens is 271 g/mol. The third-order valence-corrected chi connectivity index (χ3v) is 3.02. The minimum Gasteiger partial charge on any atom is -0.396 e. The maximum atomic E-state index is 12.6. The van der Waals surface area contributed by atoms with Crippen molar-refractivity contribution < 1.29 is 18.3 Å². The van der Waals surface area contributed by atoms with Gasteiger partial charge in [-0.2, -0.15) is 13.2 Å². The molecule has 114 valence electrons. The van der Waals surface area contributed by atoms with Gasteiger partial charge in [-0.05, 0) is 17.9 Å². The van der Waals surface area contributed by atoms with Crippen LogP contribution in [0.25, 0.3) is 0 Å². The van der Waals surface area contributed by atoms with E-state index < -0.39 is 11.9 Å². The van der Waals surface area contributed by atoms with Gasteiger partial charge in [-0.1, -0.05) is 20.8 Å². The van der Waals surface area contributed by atoms with Gasteiger partial charge in [0.05, 0.1) is 17.6 Å². The predicted octanol–water partition coefficient (Wildman–Crippen LogP) is 2.89. The number of hydrogen-bond acceptors (Lipinski definition) is 4. The van der Waals surface area contributed by atoms with E-state index in [0.717, 1.165) is 12.3 Å². The van der Waals surface area contributed by atoms with E-state index in [1.54, 1.807) is 0 Å².